The Hall–Kier alpha value is -4.75. The van der Waals surface area contributed by atoms with Crippen molar-refractivity contribution in [1.82, 2.24) is 9.97 Å². The second-order valence-electron chi connectivity index (χ2n) is 9.27. The Labute approximate surface area is 226 Å². The second kappa shape index (κ2) is 10.9. The van der Waals surface area contributed by atoms with Crippen LogP contribution < -0.4 is 4.31 Å². The van der Waals surface area contributed by atoms with Crippen LogP contribution in [0.4, 0.5) is 10.5 Å². The van der Waals surface area contributed by atoms with Gasteiger partial charge in [-0.2, -0.15) is 4.31 Å². The van der Waals surface area contributed by atoms with Crippen LogP contribution >= 0.6 is 0 Å². The summed E-state index contributed by atoms with van der Waals surface area (Å²) < 4.78 is 39.1. The third-order valence-corrected chi connectivity index (χ3v) is 7.03. The lowest BCUT2D eigenvalue weighted by Gasteiger charge is -2.27. The van der Waals surface area contributed by atoms with E-state index in [-0.39, 0.29) is 21.8 Å². The molecule has 4 aromatic rings. The van der Waals surface area contributed by atoms with E-state index in [4.69, 9.17) is 4.74 Å². The quantitative estimate of drug-likeness (QED) is 0.262. The molecule has 4 rings (SSSR count). The first kappa shape index (κ1) is 27.3. The lowest BCUT2D eigenvalue weighted by molar-refractivity contribution is 0.0589. The molecule has 0 unspecified atom stereocenters. The van der Waals surface area contributed by atoms with Gasteiger partial charge in [-0.3, -0.25) is 4.98 Å². The first-order valence-electron chi connectivity index (χ1n) is 11.8. The van der Waals surface area contributed by atoms with Crippen LogP contribution in [0.1, 0.15) is 42.4 Å². The maximum atomic E-state index is 14.2. The predicted molar refractivity (Wildman–Crippen MR) is 146 cm³/mol. The molecule has 0 saturated heterocycles. The number of amides is 1. The van der Waals surface area contributed by atoms with Crippen LogP contribution in [0.2, 0.25) is 0 Å². The average molecular weight is 544 g/mol. The van der Waals surface area contributed by atoms with Crippen molar-refractivity contribution >= 4 is 38.7 Å². The highest BCUT2D eigenvalue weighted by atomic mass is 32.2. The highest BCUT2D eigenvalue weighted by Crippen LogP contribution is 2.32. The largest absolute Gasteiger partial charge is 0.464 e. The zero-order valence-corrected chi connectivity index (χ0v) is 22.5. The lowest BCUT2D eigenvalue weighted by atomic mass is 10.2. The van der Waals surface area contributed by atoms with Crippen LogP contribution in [-0.2, 0) is 19.5 Å². The van der Waals surface area contributed by atoms with E-state index in [0.29, 0.717) is 20.8 Å². The first-order chi connectivity index (χ1) is 18.5. The molecule has 1 amide bonds. The number of hydrogen-bond acceptors (Lipinski definition) is 8. The summed E-state index contributed by atoms with van der Waals surface area (Å²) in [5, 5.41) is 0.648. The lowest BCUT2D eigenvalue weighted by Crippen LogP contribution is -2.41. The number of carbonyl (C=O) groups is 2. The van der Waals surface area contributed by atoms with Crippen LogP contribution in [0.5, 0.6) is 0 Å². The summed E-state index contributed by atoms with van der Waals surface area (Å²) in [4.78, 5) is 33.2. The third-order valence-electron chi connectivity index (χ3n) is 5.29. The van der Waals surface area contributed by atoms with Gasteiger partial charge in [0.05, 0.1) is 18.3 Å². The van der Waals surface area contributed by atoms with Gasteiger partial charge in [0, 0.05) is 28.9 Å². The van der Waals surface area contributed by atoms with E-state index in [1.807, 2.05) is 0 Å². The van der Waals surface area contributed by atoms with Gasteiger partial charge in [0.25, 0.3) is 10.0 Å². The zero-order valence-electron chi connectivity index (χ0n) is 21.7. The Morgan fingerprint density at radius 2 is 1.64 bits per heavy atom. The number of hydrogen-bond donors (Lipinski definition) is 0. The van der Waals surface area contributed by atoms with Crippen LogP contribution in [-0.4, -0.2) is 43.2 Å². The Morgan fingerprint density at radius 1 is 0.897 bits per heavy atom. The number of sulfonamides is 1. The van der Waals surface area contributed by atoms with Gasteiger partial charge in [-0.25, -0.2) is 23.0 Å². The van der Waals surface area contributed by atoms with Gasteiger partial charge in [-0.1, -0.05) is 42.2 Å². The van der Waals surface area contributed by atoms with Gasteiger partial charge >= 0.3 is 12.1 Å². The summed E-state index contributed by atoms with van der Waals surface area (Å²) in [5.74, 6) is 5.12. The maximum Gasteiger partial charge on any atom is 0.429 e. The van der Waals surface area contributed by atoms with Crippen molar-refractivity contribution in [2.24, 2.45) is 0 Å². The molecule has 39 heavy (non-hydrogen) atoms. The minimum absolute atomic E-state index is 0.0488. The van der Waals surface area contributed by atoms with Crippen LogP contribution in [0.3, 0.4) is 0 Å². The fourth-order valence-electron chi connectivity index (χ4n) is 3.61. The topological polar surface area (TPSA) is 116 Å². The van der Waals surface area contributed by atoms with Crippen LogP contribution in [0.15, 0.2) is 84.0 Å². The monoisotopic (exact) mass is 543 g/mol. The Bertz CT molecular complexity index is 1710. The zero-order chi connectivity index (χ0) is 28.2. The third kappa shape index (κ3) is 6.05. The van der Waals surface area contributed by atoms with E-state index in [0.717, 1.165) is 0 Å². The van der Waals surface area contributed by atoms with E-state index in [9.17, 15) is 18.0 Å². The molecule has 9 nitrogen and oxygen atoms in total. The SMILES string of the molecule is COC(=O)c1ccc(C#Cc2ccccc2S(=O)(=O)N(C(=O)OC(C)(C)C)c2cccc3cccnc23)cn1. The van der Waals surface area contributed by atoms with Crippen LogP contribution in [0, 0.1) is 11.8 Å². The Balaban J connectivity index is 1.83. The summed E-state index contributed by atoms with van der Waals surface area (Å²) in [6.45, 7) is 4.95. The summed E-state index contributed by atoms with van der Waals surface area (Å²) in [5.41, 5.74) is 0.101. The van der Waals surface area contributed by atoms with Gasteiger partial charge in [0.15, 0.2) is 0 Å². The molecule has 0 fully saturated rings. The average Bonchev–Trinajstić information content (AvgIpc) is 2.91. The number of ether oxygens (including phenoxy) is 2. The predicted octanol–water partition coefficient (Wildman–Crippen LogP) is 4.95. The molecule has 0 aliphatic rings. The molecule has 0 radical (unpaired) electrons. The molecule has 0 bridgehead atoms. The van der Waals surface area contributed by atoms with Gasteiger partial charge in [0.2, 0.25) is 0 Å². The number of esters is 1. The van der Waals surface area contributed by atoms with E-state index in [2.05, 4.69) is 26.5 Å². The second-order valence-corrected chi connectivity index (χ2v) is 11.0. The smallest absolute Gasteiger partial charge is 0.429 e. The molecule has 0 spiro atoms. The molecule has 0 atom stereocenters. The highest BCUT2D eigenvalue weighted by Gasteiger charge is 2.37. The van der Waals surface area contributed by atoms with Gasteiger partial charge in [-0.05, 0) is 57.2 Å². The minimum Gasteiger partial charge on any atom is -0.464 e. The number of methoxy groups -OCH3 is 1. The van der Waals surface area contributed by atoms with Crippen molar-refractivity contribution in [2.45, 2.75) is 31.3 Å². The van der Waals surface area contributed by atoms with E-state index >= 15 is 0 Å². The van der Waals surface area contributed by atoms with E-state index < -0.39 is 27.7 Å². The number of fused-ring (bicyclic) bond motifs is 1. The number of rotatable bonds is 4. The molecule has 2 aromatic carbocycles. The molecule has 0 aliphatic heterocycles. The minimum atomic E-state index is -4.53. The molecule has 2 heterocycles. The summed E-state index contributed by atoms with van der Waals surface area (Å²) >= 11 is 0. The Kier molecular flexibility index (Phi) is 7.65. The van der Waals surface area contributed by atoms with Crippen molar-refractivity contribution < 1.29 is 27.5 Å². The summed E-state index contributed by atoms with van der Waals surface area (Å²) in [6.07, 6.45) is 1.82. The Morgan fingerprint density at radius 3 is 2.33 bits per heavy atom. The molecular weight excluding hydrogens is 518 g/mol. The molecule has 0 N–H and O–H groups in total. The standard InChI is InChI=1S/C29H25N3O6S/c1-29(2,3)38-28(34)32(24-12-7-10-22-11-8-18-30-26(22)24)39(35,36)25-13-6-5-9-21(25)16-14-20-15-17-23(31-19-20)27(33)37-4/h5-13,15,17-19H,1-4H3. The van der Waals surface area contributed by atoms with Crippen molar-refractivity contribution in [2.75, 3.05) is 11.4 Å². The fraction of sp³-hybridized carbons (Fsp3) is 0.172. The number of pyridine rings is 2. The van der Waals surface area contributed by atoms with Gasteiger partial charge < -0.3 is 9.47 Å². The fourth-order valence-corrected chi connectivity index (χ4v) is 5.09. The maximum absolute atomic E-state index is 14.2. The van der Waals surface area contributed by atoms with Gasteiger partial charge in [-0.15, -0.1) is 0 Å². The number of carbonyl (C=O) groups excluding carboxylic acids is 2. The summed E-state index contributed by atoms with van der Waals surface area (Å²) in [6, 6.07) is 17.5. The number of benzene rings is 2. The number of para-hydroxylation sites is 1. The first-order valence-corrected chi connectivity index (χ1v) is 13.2. The molecule has 2 aromatic heterocycles. The molecule has 198 valence electrons. The number of anilines is 1. The van der Waals surface area contributed by atoms with Crippen molar-refractivity contribution in [3.8, 4) is 11.8 Å². The molecule has 0 aliphatic carbocycles. The van der Waals surface area contributed by atoms with Crippen LogP contribution in [0.25, 0.3) is 10.9 Å². The molecule has 0 saturated carbocycles. The highest BCUT2D eigenvalue weighted by molar-refractivity contribution is 7.93. The normalized spacial score (nSPS) is 11.3. The van der Waals surface area contributed by atoms with Crippen molar-refractivity contribution in [3.63, 3.8) is 0 Å². The molecule has 10 heteroatoms. The van der Waals surface area contributed by atoms with Crippen molar-refractivity contribution in [1.29, 1.82) is 0 Å². The van der Waals surface area contributed by atoms with E-state index in [1.54, 1.807) is 63.2 Å². The van der Waals surface area contributed by atoms with Crippen molar-refractivity contribution in [3.05, 3.63) is 95.9 Å². The summed E-state index contributed by atoms with van der Waals surface area (Å²) in [7, 11) is -3.28. The molecular formula is C29H25N3O6S. The van der Waals surface area contributed by atoms with Gasteiger partial charge in [0.1, 0.15) is 16.2 Å². The number of nitrogens with zero attached hydrogens (tertiary/aromatic N) is 3. The van der Waals surface area contributed by atoms with E-state index in [1.165, 1.54) is 43.8 Å². The number of aromatic nitrogens is 2.